The van der Waals surface area contributed by atoms with Gasteiger partial charge in [-0.3, -0.25) is 14.4 Å². The van der Waals surface area contributed by atoms with Crippen LogP contribution in [-0.4, -0.2) is 76.6 Å². The molecule has 1 spiro atoms. The molecule has 2 bridgehead atoms. The van der Waals surface area contributed by atoms with E-state index in [9.17, 15) is 14.7 Å². The van der Waals surface area contributed by atoms with Crippen LogP contribution in [0.2, 0.25) is 0 Å². The average molecular weight is 608 g/mol. The summed E-state index contributed by atoms with van der Waals surface area (Å²) in [5, 5.41) is 12.9. The van der Waals surface area contributed by atoms with Crippen LogP contribution >= 0.6 is 0 Å². The lowest BCUT2D eigenvalue weighted by Crippen LogP contribution is -2.57. The van der Waals surface area contributed by atoms with Crippen LogP contribution in [0.4, 0.5) is 5.69 Å². The number of hydrogen-bond acceptors (Lipinski definition) is 5. The minimum absolute atomic E-state index is 0.192. The highest BCUT2D eigenvalue weighted by Gasteiger charge is 2.79. The number of aliphatic hydroxyl groups is 1. The molecule has 234 valence electrons. The first kappa shape index (κ1) is 30.7. The summed E-state index contributed by atoms with van der Waals surface area (Å²) in [5.74, 6) is -2.50. The van der Waals surface area contributed by atoms with E-state index in [1.807, 2.05) is 79.7 Å². The Morgan fingerprint density at radius 3 is 2.36 bits per heavy atom. The van der Waals surface area contributed by atoms with Crippen molar-refractivity contribution in [3.05, 3.63) is 104 Å². The molecule has 3 amide bonds. The third kappa shape index (κ3) is 4.70. The number of benzene rings is 3. The fourth-order valence-corrected chi connectivity index (χ4v) is 8.14. The summed E-state index contributed by atoms with van der Waals surface area (Å²) in [6, 6.07) is 21.1. The van der Waals surface area contributed by atoms with Crippen LogP contribution in [0.5, 0.6) is 0 Å². The van der Waals surface area contributed by atoms with Gasteiger partial charge in [0.05, 0.1) is 30.1 Å². The molecule has 1 N–H and O–H groups in total. The minimum atomic E-state index is -1.24. The molecular weight excluding hydrogens is 566 g/mol. The van der Waals surface area contributed by atoms with Gasteiger partial charge in [-0.2, -0.15) is 0 Å². The predicted molar refractivity (Wildman–Crippen MR) is 174 cm³/mol. The maximum Gasteiger partial charge on any atom is 0.253 e. The largest absolute Gasteiger partial charge is 0.394 e. The first-order valence-corrected chi connectivity index (χ1v) is 15.7. The van der Waals surface area contributed by atoms with Gasteiger partial charge in [0.25, 0.3) is 5.91 Å². The molecule has 6 atom stereocenters. The van der Waals surface area contributed by atoms with Gasteiger partial charge >= 0.3 is 0 Å². The molecule has 3 aliphatic heterocycles. The maximum absolute atomic E-state index is 15.1. The van der Waals surface area contributed by atoms with E-state index in [4.69, 9.17) is 4.74 Å². The number of amides is 3. The first-order chi connectivity index (χ1) is 21.8. The van der Waals surface area contributed by atoms with Crippen LogP contribution in [-0.2, 0) is 19.1 Å². The Bertz CT molecular complexity index is 1640. The molecule has 8 nitrogen and oxygen atoms in total. The van der Waals surface area contributed by atoms with Crippen LogP contribution < -0.4 is 4.90 Å². The molecule has 0 radical (unpaired) electrons. The molecule has 3 fully saturated rings. The minimum Gasteiger partial charge on any atom is -0.394 e. The van der Waals surface area contributed by atoms with Gasteiger partial charge in [0, 0.05) is 25.8 Å². The molecule has 0 aromatic heterocycles. The molecular formula is C37H41N3O5. The summed E-state index contributed by atoms with van der Waals surface area (Å²) in [6.45, 7) is 9.84. The molecule has 3 saturated heterocycles. The van der Waals surface area contributed by atoms with E-state index in [0.717, 1.165) is 10.8 Å². The molecule has 0 saturated carbocycles. The molecule has 0 aliphatic carbocycles. The number of likely N-dealkylation sites (N-methyl/N-ethyl adjacent to an activating group) is 1. The van der Waals surface area contributed by atoms with Crippen molar-refractivity contribution in [1.82, 2.24) is 9.80 Å². The van der Waals surface area contributed by atoms with Crippen molar-refractivity contribution in [3.63, 3.8) is 0 Å². The zero-order valence-electron chi connectivity index (χ0n) is 26.0. The first-order valence-electron chi connectivity index (χ1n) is 15.7. The molecule has 8 heteroatoms. The van der Waals surface area contributed by atoms with E-state index in [0.29, 0.717) is 37.1 Å². The normalized spacial score (nSPS) is 27.3. The number of aliphatic hydroxyl groups excluding tert-OH is 1. The van der Waals surface area contributed by atoms with Crippen LogP contribution in [0.15, 0.2) is 98.1 Å². The smallest absolute Gasteiger partial charge is 0.253 e. The maximum atomic E-state index is 15.1. The van der Waals surface area contributed by atoms with Crippen molar-refractivity contribution in [2.24, 2.45) is 11.8 Å². The van der Waals surface area contributed by atoms with Gasteiger partial charge in [-0.05, 0) is 47.7 Å². The highest BCUT2D eigenvalue weighted by Crippen LogP contribution is 2.65. The molecule has 3 aliphatic rings. The van der Waals surface area contributed by atoms with Gasteiger partial charge in [-0.15, -0.1) is 13.2 Å². The Kier molecular flexibility index (Phi) is 8.14. The standard InChI is InChI=1S/C37H41N3O5/c1-5-21-38(4)33(42)30-31-34(43)40(29(24-41)26-14-9-8-10-15-26)32(37(31)20-19-36(30,7-3)45-37)35(44)39(22-6-2)28-18-17-25-13-11-12-16-27(25)23-28/h5-6,8-18,23,29-32,41H,1-2,7,19-22,24H2,3-4H3/t29-,30+,31+,32?,36-,37?/m1/s1. The van der Waals surface area contributed by atoms with Gasteiger partial charge in [0.1, 0.15) is 11.6 Å². The number of anilines is 1. The van der Waals surface area contributed by atoms with Gasteiger partial charge in [-0.1, -0.05) is 79.7 Å². The number of carbonyl (C=O) groups is 3. The molecule has 6 rings (SSSR count). The van der Waals surface area contributed by atoms with Crippen molar-refractivity contribution in [3.8, 4) is 0 Å². The van der Waals surface area contributed by atoms with E-state index in [-0.39, 0.29) is 24.3 Å². The van der Waals surface area contributed by atoms with Crippen LogP contribution in [0.3, 0.4) is 0 Å². The average Bonchev–Trinajstić information content (AvgIpc) is 3.67. The number of fused-ring (bicyclic) bond motifs is 2. The summed E-state index contributed by atoms with van der Waals surface area (Å²) in [7, 11) is 1.71. The van der Waals surface area contributed by atoms with Crippen LogP contribution in [0.25, 0.3) is 10.8 Å². The zero-order chi connectivity index (χ0) is 31.9. The number of likely N-dealkylation sites (tertiary alicyclic amines) is 1. The van der Waals surface area contributed by atoms with Crippen molar-refractivity contribution in [2.45, 2.75) is 49.5 Å². The highest BCUT2D eigenvalue weighted by atomic mass is 16.5. The highest BCUT2D eigenvalue weighted by molar-refractivity contribution is 6.06. The number of rotatable bonds is 11. The summed E-state index contributed by atoms with van der Waals surface area (Å²) >= 11 is 0. The Balaban J connectivity index is 1.52. The summed E-state index contributed by atoms with van der Waals surface area (Å²) < 4.78 is 6.99. The van der Waals surface area contributed by atoms with Crippen molar-refractivity contribution in [2.75, 3.05) is 31.6 Å². The van der Waals surface area contributed by atoms with Gasteiger partial charge < -0.3 is 24.5 Å². The van der Waals surface area contributed by atoms with Crippen molar-refractivity contribution < 1.29 is 24.2 Å². The van der Waals surface area contributed by atoms with Gasteiger partial charge in [-0.25, -0.2) is 0 Å². The van der Waals surface area contributed by atoms with E-state index in [1.165, 1.54) is 4.90 Å². The molecule has 3 heterocycles. The summed E-state index contributed by atoms with van der Waals surface area (Å²) in [5.41, 5.74) is -0.736. The van der Waals surface area contributed by atoms with E-state index < -0.39 is 41.7 Å². The number of nitrogens with zero attached hydrogens (tertiary/aromatic N) is 3. The molecule has 3 aromatic carbocycles. The molecule has 3 aromatic rings. The summed E-state index contributed by atoms with van der Waals surface area (Å²) in [6.07, 6.45) is 4.85. The second-order valence-corrected chi connectivity index (χ2v) is 12.5. The zero-order valence-corrected chi connectivity index (χ0v) is 26.0. The lowest BCUT2D eigenvalue weighted by atomic mass is 9.64. The number of carbonyl (C=O) groups excluding carboxylic acids is 3. The Morgan fingerprint density at radius 1 is 1.00 bits per heavy atom. The van der Waals surface area contributed by atoms with Crippen molar-refractivity contribution in [1.29, 1.82) is 0 Å². The second kappa shape index (κ2) is 11.9. The SMILES string of the molecule is C=CCN(C)C(=O)[C@@H]1[C@H]2C(=O)N([C@H](CO)c3ccccc3)C(C(=O)N(CC=C)c3ccc4ccccc4c3)C23CC[C@@]1(CC)O3. The fourth-order valence-electron chi connectivity index (χ4n) is 8.14. The Labute approximate surface area is 264 Å². The van der Waals surface area contributed by atoms with E-state index in [2.05, 4.69) is 13.2 Å². The lowest BCUT2D eigenvalue weighted by Gasteiger charge is -2.39. The van der Waals surface area contributed by atoms with Crippen molar-refractivity contribution >= 4 is 34.2 Å². The second-order valence-electron chi connectivity index (χ2n) is 12.5. The third-order valence-corrected chi connectivity index (χ3v) is 10.2. The third-order valence-electron chi connectivity index (χ3n) is 10.2. The lowest BCUT2D eigenvalue weighted by molar-refractivity contribution is -0.153. The predicted octanol–water partition coefficient (Wildman–Crippen LogP) is 4.89. The quantitative estimate of drug-likeness (QED) is 0.314. The summed E-state index contributed by atoms with van der Waals surface area (Å²) in [4.78, 5) is 48.9. The fraction of sp³-hybridized carbons (Fsp3) is 0.378. The Morgan fingerprint density at radius 2 is 1.69 bits per heavy atom. The van der Waals surface area contributed by atoms with Gasteiger partial charge in [0.2, 0.25) is 11.8 Å². The van der Waals surface area contributed by atoms with E-state index >= 15 is 4.79 Å². The number of ether oxygens (including phenoxy) is 1. The monoisotopic (exact) mass is 607 g/mol. The number of hydrogen-bond donors (Lipinski definition) is 1. The Hall–Kier alpha value is -4.27. The van der Waals surface area contributed by atoms with E-state index in [1.54, 1.807) is 29.0 Å². The van der Waals surface area contributed by atoms with Gasteiger partial charge in [0.15, 0.2) is 0 Å². The van der Waals surface area contributed by atoms with Crippen LogP contribution in [0, 0.1) is 11.8 Å². The molecule has 45 heavy (non-hydrogen) atoms. The topological polar surface area (TPSA) is 90.4 Å². The molecule has 2 unspecified atom stereocenters. The van der Waals surface area contributed by atoms with Crippen LogP contribution in [0.1, 0.15) is 37.8 Å².